The topological polar surface area (TPSA) is 49.3 Å². The van der Waals surface area contributed by atoms with Crippen molar-refractivity contribution in [1.29, 1.82) is 0 Å². The number of carbonyl (C=O) groups excluding carboxylic acids is 1. The van der Waals surface area contributed by atoms with Gasteiger partial charge in [0.15, 0.2) is 0 Å². The maximum Gasteiger partial charge on any atom is 0.138 e. The minimum Gasteiger partial charge on any atom is -0.390 e. The quantitative estimate of drug-likeness (QED) is 0.722. The van der Waals surface area contributed by atoms with Crippen molar-refractivity contribution < 1.29 is 9.90 Å². The second-order valence-electron chi connectivity index (χ2n) is 5.11. The third-order valence-corrected chi connectivity index (χ3v) is 3.80. The molecule has 1 unspecified atom stereocenters. The van der Waals surface area contributed by atoms with E-state index in [1.54, 1.807) is 0 Å². The first-order valence-corrected chi connectivity index (χ1v) is 6.15. The third-order valence-electron chi connectivity index (χ3n) is 3.80. The van der Waals surface area contributed by atoms with Crippen LogP contribution in [0.4, 0.5) is 0 Å². The van der Waals surface area contributed by atoms with Gasteiger partial charge in [0, 0.05) is 25.4 Å². The molecule has 1 heterocycles. The molecule has 0 amide bonds. The highest BCUT2D eigenvalue weighted by molar-refractivity contribution is 5.82. The Morgan fingerprint density at radius 3 is 2.73 bits per heavy atom. The molecule has 3 heteroatoms. The van der Waals surface area contributed by atoms with Crippen LogP contribution in [0.25, 0.3) is 0 Å². The van der Waals surface area contributed by atoms with Crippen LogP contribution in [-0.4, -0.2) is 29.6 Å². The molecule has 2 fully saturated rings. The van der Waals surface area contributed by atoms with Crippen molar-refractivity contribution >= 4 is 5.78 Å². The molecular weight excluding hydrogens is 190 g/mol. The van der Waals surface area contributed by atoms with Gasteiger partial charge in [0.05, 0.1) is 5.60 Å². The highest BCUT2D eigenvalue weighted by atomic mass is 16.3. The van der Waals surface area contributed by atoms with E-state index < -0.39 is 5.60 Å². The van der Waals surface area contributed by atoms with Gasteiger partial charge in [0.2, 0.25) is 0 Å². The smallest absolute Gasteiger partial charge is 0.138 e. The lowest BCUT2D eigenvalue weighted by atomic mass is 9.77. The molecule has 1 aliphatic heterocycles. The third kappa shape index (κ3) is 2.79. The van der Waals surface area contributed by atoms with Crippen LogP contribution < -0.4 is 5.32 Å². The van der Waals surface area contributed by atoms with Crippen LogP contribution in [0.15, 0.2) is 0 Å². The summed E-state index contributed by atoms with van der Waals surface area (Å²) in [7, 11) is 0. The molecule has 3 nitrogen and oxygen atoms in total. The number of aliphatic hydroxyl groups is 1. The van der Waals surface area contributed by atoms with Crippen LogP contribution in [0.5, 0.6) is 0 Å². The van der Waals surface area contributed by atoms with Crippen molar-refractivity contribution in [3.05, 3.63) is 0 Å². The molecule has 0 aromatic carbocycles. The zero-order valence-corrected chi connectivity index (χ0v) is 9.30. The van der Waals surface area contributed by atoms with Gasteiger partial charge in [0.25, 0.3) is 0 Å². The summed E-state index contributed by atoms with van der Waals surface area (Å²) in [6, 6.07) is 0. The fourth-order valence-corrected chi connectivity index (χ4v) is 2.86. The molecule has 1 aliphatic carbocycles. The molecular formula is C12H21NO2. The molecule has 0 radical (unpaired) electrons. The van der Waals surface area contributed by atoms with Crippen LogP contribution in [0.1, 0.15) is 44.9 Å². The lowest BCUT2D eigenvalue weighted by Gasteiger charge is -2.36. The number of hydrogen-bond acceptors (Lipinski definition) is 3. The average molecular weight is 211 g/mol. The molecule has 2 N–H and O–H groups in total. The second-order valence-corrected chi connectivity index (χ2v) is 5.11. The molecule has 0 bridgehead atoms. The summed E-state index contributed by atoms with van der Waals surface area (Å²) in [5.74, 6) is 0.398. The molecule has 1 atom stereocenters. The SMILES string of the molecule is O=C1CCNCC1CC1(O)CCCCC1. The molecule has 0 aromatic heterocycles. The summed E-state index contributed by atoms with van der Waals surface area (Å²) < 4.78 is 0. The predicted molar refractivity (Wildman–Crippen MR) is 58.6 cm³/mol. The van der Waals surface area contributed by atoms with Gasteiger partial charge < -0.3 is 10.4 Å². The minimum absolute atomic E-state index is 0.0573. The van der Waals surface area contributed by atoms with E-state index in [-0.39, 0.29) is 5.92 Å². The fraction of sp³-hybridized carbons (Fsp3) is 0.917. The lowest BCUT2D eigenvalue weighted by molar-refractivity contribution is -0.127. The van der Waals surface area contributed by atoms with Crippen LogP contribution in [0, 0.1) is 5.92 Å². The van der Waals surface area contributed by atoms with Crippen molar-refractivity contribution in [3.63, 3.8) is 0 Å². The van der Waals surface area contributed by atoms with E-state index in [2.05, 4.69) is 5.32 Å². The number of piperidine rings is 1. The minimum atomic E-state index is -0.544. The average Bonchev–Trinajstić information content (AvgIpc) is 2.22. The highest BCUT2D eigenvalue weighted by Gasteiger charge is 2.35. The summed E-state index contributed by atoms with van der Waals surface area (Å²) in [5, 5.41) is 13.6. The molecule has 86 valence electrons. The van der Waals surface area contributed by atoms with E-state index in [4.69, 9.17) is 0 Å². The second kappa shape index (κ2) is 4.62. The Morgan fingerprint density at radius 2 is 2.07 bits per heavy atom. The summed E-state index contributed by atoms with van der Waals surface area (Å²) in [6.45, 7) is 1.58. The highest BCUT2D eigenvalue weighted by Crippen LogP contribution is 2.34. The van der Waals surface area contributed by atoms with Gasteiger partial charge in [-0.2, -0.15) is 0 Å². The van der Waals surface area contributed by atoms with Gasteiger partial charge >= 0.3 is 0 Å². The van der Waals surface area contributed by atoms with Gasteiger partial charge in [-0.1, -0.05) is 19.3 Å². The van der Waals surface area contributed by atoms with Gasteiger partial charge in [-0.15, -0.1) is 0 Å². The Bertz CT molecular complexity index is 234. The first-order chi connectivity index (χ1) is 7.20. The van der Waals surface area contributed by atoms with Crippen molar-refractivity contribution in [3.8, 4) is 0 Å². The first-order valence-electron chi connectivity index (χ1n) is 6.15. The van der Waals surface area contributed by atoms with E-state index >= 15 is 0 Å². The van der Waals surface area contributed by atoms with Crippen molar-refractivity contribution in [2.75, 3.05) is 13.1 Å². The molecule has 1 saturated heterocycles. The Hall–Kier alpha value is -0.410. The fourth-order valence-electron chi connectivity index (χ4n) is 2.86. The van der Waals surface area contributed by atoms with Gasteiger partial charge in [-0.25, -0.2) is 0 Å². The van der Waals surface area contributed by atoms with E-state index in [1.165, 1.54) is 6.42 Å². The maximum absolute atomic E-state index is 11.7. The molecule has 1 saturated carbocycles. The first kappa shape index (κ1) is 11.1. The largest absolute Gasteiger partial charge is 0.390 e. The van der Waals surface area contributed by atoms with E-state index in [0.717, 1.165) is 38.8 Å². The summed E-state index contributed by atoms with van der Waals surface area (Å²) >= 11 is 0. The molecule has 2 aliphatic rings. The van der Waals surface area contributed by atoms with Crippen LogP contribution in [-0.2, 0) is 4.79 Å². The zero-order chi connectivity index (χ0) is 10.7. The number of ketones is 1. The van der Waals surface area contributed by atoms with E-state index in [9.17, 15) is 9.90 Å². The Kier molecular flexibility index (Phi) is 3.42. The maximum atomic E-state index is 11.7. The van der Waals surface area contributed by atoms with Gasteiger partial charge in [0.1, 0.15) is 5.78 Å². The number of hydrogen-bond donors (Lipinski definition) is 2. The predicted octanol–water partition coefficient (Wildman–Crippen LogP) is 1.25. The van der Waals surface area contributed by atoms with E-state index in [1.807, 2.05) is 0 Å². The van der Waals surface area contributed by atoms with Crippen molar-refractivity contribution in [2.45, 2.75) is 50.5 Å². The molecule has 0 spiro atoms. The zero-order valence-electron chi connectivity index (χ0n) is 9.30. The normalized spacial score (nSPS) is 31.5. The number of rotatable bonds is 2. The van der Waals surface area contributed by atoms with Crippen molar-refractivity contribution in [1.82, 2.24) is 5.32 Å². The van der Waals surface area contributed by atoms with Gasteiger partial charge in [-0.3, -0.25) is 4.79 Å². The molecule has 2 rings (SSSR count). The van der Waals surface area contributed by atoms with E-state index in [0.29, 0.717) is 18.6 Å². The molecule has 15 heavy (non-hydrogen) atoms. The lowest BCUT2D eigenvalue weighted by Crippen LogP contribution is -2.43. The van der Waals surface area contributed by atoms with Crippen molar-refractivity contribution in [2.24, 2.45) is 5.92 Å². The Morgan fingerprint density at radius 1 is 1.33 bits per heavy atom. The number of nitrogens with one attached hydrogen (secondary N) is 1. The van der Waals surface area contributed by atoms with Crippen LogP contribution in [0.2, 0.25) is 0 Å². The number of Topliss-reactive ketones (excluding diaryl/α,β-unsaturated/α-hetero) is 1. The summed E-state index contributed by atoms with van der Waals surface area (Å²) in [6.07, 6.45) is 6.56. The summed E-state index contributed by atoms with van der Waals surface area (Å²) in [4.78, 5) is 11.7. The molecule has 0 aromatic rings. The van der Waals surface area contributed by atoms with Crippen LogP contribution in [0.3, 0.4) is 0 Å². The standard InChI is InChI=1S/C12H21NO2/c14-11-4-7-13-9-10(11)8-12(15)5-2-1-3-6-12/h10,13,15H,1-9H2. The monoisotopic (exact) mass is 211 g/mol. The summed E-state index contributed by atoms with van der Waals surface area (Å²) in [5.41, 5.74) is -0.544. The number of carbonyl (C=O) groups is 1. The Labute approximate surface area is 91.2 Å². The van der Waals surface area contributed by atoms with Gasteiger partial charge in [-0.05, 0) is 19.3 Å². The van der Waals surface area contributed by atoms with Crippen LogP contribution >= 0.6 is 0 Å². The Balaban J connectivity index is 1.91.